The molecule has 0 amide bonds. The first-order chi connectivity index (χ1) is 6.86. The molecular formula is C11H15FN2. The number of halogens is 1. The summed E-state index contributed by atoms with van der Waals surface area (Å²) in [5, 5.41) is 6.66. The first-order valence-electron chi connectivity index (χ1n) is 5.04. The zero-order chi connectivity index (χ0) is 9.80. The van der Waals surface area contributed by atoms with Crippen LogP contribution >= 0.6 is 0 Å². The SMILES string of the molecule is Fc1ccccc1C[C@@H]1CNCCN1. The topological polar surface area (TPSA) is 24.1 Å². The number of hydrogen-bond donors (Lipinski definition) is 2. The quantitative estimate of drug-likeness (QED) is 0.732. The molecule has 0 bridgehead atoms. The van der Waals surface area contributed by atoms with Gasteiger partial charge < -0.3 is 10.6 Å². The number of rotatable bonds is 2. The van der Waals surface area contributed by atoms with E-state index < -0.39 is 0 Å². The summed E-state index contributed by atoms with van der Waals surface area (Å²) >= 11 is 0. The molecule has 0 unspecified atom stereocenters. The Morgan fingerprint density at radius 3 is 2.86 bits per heavy atom. The van der Waals surface area contributed by atoms with Crippen LogP contribution in [0, 0.1) is 5.82 Å². The van der Waals surface area contributed by atoms with Gasteiger partial charge in [-0.3, -0.25) is 0 Å². The van der Waals surface area contributed by atoms with E-state index in [1.807, 2.05) is 12.1 Å². The summed E-state index contributed by atoms with van der Waals surface area (Å²) in [6.07, 6.45) is 0.764. The molecule has 2 nitrogen and oxygen atoms in total. The van der Waals surface area contributed by atoms with E-state index in [1.165, 1.54) is 6.07 Å². The van der Waals surface area contributed by atoms with Crippen LogP contribution in [0.25, 0.3) is 0 Å². The molecule has 0 spiro atoms. The van der Waals surface area contributed by atoms with Crippen molar-refractivity contribution in [1.29, 1.82) is 0 Å². The summed E-state index contributed by atoms with van der Waals surface area (Å²) in [5.74, 6) is -0.0973. The Morgan fingerprint density at radius 2 is 2.14 bits per heavy atom. The van der Waals surface area contributed by atoms with Crippen molar-refractivity contribution in [2.24, 2.45) is 0 Å². The Hall–Kier alpha value is -0.930. The van der Waals surface area contributed by atoms with Crippen molar-refractivity contribution in [2.45, 2.75) is 12.5 Å². The molecule has 0 saturated carbocycles. The third-order valence-electron chi connectivity index (χ3n) is 2.55. The molecule has 1 aromatic carbocycles. The standard InChI is InChI=1S/C11H15FN2/c12-11-4-2-1-3-9(11)7-10-8-13-5-6-14-10/h1-4,10,13-14H,5-8H2/t10-/m1/s1. The maximum absolute atomic E-state index is 13.3. The van der Waals surface area contributed by atoms with Crippen LogP contribution in [0.15, 0.2) is 24.3 Å². The fourth-order valence-corrected chi connectivity index (χ4v) is 1.79. The number of hydrogen-bond acceptors (Lipinski definition) is 2. The van der Waals surface area contributed by atoms with E-state index in [-0.39, 0.29) is 5.82 Å². The van der Waals surface area contributed by atoms with E-state index in [0.29, 0.717) is 6.04 Å². The van der Waals surface area contributed by atoms with Crippen molar-refractivity contribution < 1.29 is 4.39 Å². The number of benzene rings is 1. The molecule has 1 atom stereocenters. The average Bonchev–Trinajstić information content (AvgIpc) is 2.23. The van der Waals surface area contributed by atoms with Crippen LogP contribution < -0.4 is 10.6 Å². The maximum atomic E-state index is 13.3. The molecule has 1 aliphatic rings. The summed E-state index contributed by atoms with van der Waals surface area (Å²) < 4.78 is 13.3. The van der Waals surface area contributed by atoms with Gasteiger partial charge in [0.15, 0.2) is 0 Å². The fraction of sp³-hybridized carbons (Fsp3) is 0.455. The van der Waals surface area contributed by atoms with E-state index in [0.717, 1.165) is 31.6 Å². The molecule has 76 valence electrons. The molecule has 2 rings (SSSR count). The van der Waals surface area contributed by atoms with Gasteiger partial charge in [0.05, 0.1) is 0 Å². The monoisotopic (exact) mass is 194 g/mol. The van der Waals surface area contributed by atoms with Gasteiger partial charge in [0, 0.05) is 25.7 Å². The van der Waals surface area contributed by atoms with Gasteiger partial charge in [-0.15, -0.1) is 0 Å². The summed E-state index contributed by atoms with van der Waals surface area (Å²) in [6.45, 7) is 2.90. The zero-order valence-electron chi connectivity index (χ0n) is 8.09. The molecule has 2 N–H and O–H groups in total. The summed E-state index contributed by atoms with van der Waals surface area (Å²) in [6, 6.07) is 7.35. The maximum Gasteiger partial charge on any atom is 0.126 e. The second-order valence-corrected chi connectivity index (χ2v) is 3.65. The van der Waals surface area contributed by atoms with E-state index in [9.17, 15) is 4.39 Å². The van der Waals surface area contributed by atoms with Gasteiger partial charge >= 0.3 is 0 Å². The highest BCUT2D eigenvalue weighted by Crippen LogP contribution is 2.09. The highest BCUT2D eigenvalue weighted by molar-refractivity contribution is 5.18. The molecule has 1 aliphatic heterocycles. The van der Waals surface area contributed by atoms with Crippen molar-refractivity contribution in [2.75, 3.05) is 19.6 Å². The lowest BCUT2D eigenvalue weighted by molar-refractivity contribution is 0.412. The lowest BCUT2D eigenvalue weighted by atomic mass is 10.0. The van der Waals surface area contributed by atoms with E-state index >= 15 is 0 Å². The Labute approximate surface area is 83.5 Å². The normalized spacial score (nSPS) is 22.2. The number of nitrogens with one attached hydrogen (secondary N) is 2. The minimum absolute atomic E-state index is 0.0973. The molecule has 1 aromatic rings. The van der Waals surface area contributed by atoms with Crippen molar-refractivity contribution in [1.82, 2.24) is 10.6 Å². The van der Waals surface area contributed by atoms with E-state index in [2.05, 4.69) is 10.6 Å². The van der Waals surface area contributed by atoms with Crippen LogP contribution in [0.5, 0.6) is 0 Å². The van der Waals surface area contributed by atoms with Crippen LogP contribution in [0.1, 0.15) is 5.56 Å². The highest BCUT2D eigenvalue weighted by Gasteiger charge is 2.13. The highest BCUT2D eigenvalue weighted by atomic mass is 19.1. The van der Waals surface area contributed by atoms with E-state index in [4.69, 9.17) is 0 Å². The zero-order valence-corrected chi connectivity index (χ0v) is 8.09. The lowest BCUT2D eigenvalue weighted by Gasteiger charge is -2.24. The van der Waals surface area contributed by atoms with Gasteiger partial charge in [-0.25, -0.2) is 4.39 Å². The molecule has 1 saturated heterocycles. The second kappa shape index (κ2) is 4.53. The minimum Gasteiger partial charge on any atom is -0.314 e. The van der Waals surface area contributed by atoms with Crippen molar-refractivity contribution in [3.63, 3.8) is 0 Å². The molecule has 0 radical (unpaired) electrons. The molecular weight excluding hydrogens is 179 g/mol. The molecule has 0 aliphatic carbocycles. The predicted octanol–water partition coefficient (Wildman–Crippen LogP) is 0.930. The van der Waals surface area contributed by atoms with Crippen LogP contribution in [-0.4, -0.2) is 25.7 Å². The van der Waals surface area contributed by atoms with Crippen LogP contribution in [0.3, 0.4) is 0 Å². The molecule has 1 fully saturated rings. The van der Waals surface area contributed by atoms with Crippen LogP contribution in [0.4, 0.5) is 4.39 Å². The Balaban J connectivity index is 1.99. The first-order valence-corrected chi connectivity index (χ1v) is 5.04. The molecule has 1 heterocycles. The van der Waals surface area contributed by atoms with Gasteiger partial charge in [0.25, 0.3) is 0 Å². The third kappa shape index (κ3) is 2.30. The van der Waals surface area contributed by atoms with Gasteiger partial charge in [-0.2, -0.15) is 0 Å². The summed E-state index contributed by atoms with van der Waals surface area (Å²) in [4.78, 5) is 0. The van der Waals surface area contributed by atoms with Gasteiger partial charge in [-0.05, 0) is 18.1 Å². The lowest BCUT2D eigenvalue weighted by Crippen LogP contribution is -2.49. The molecule has 0 aromatic heterocycles. The van der Waals surface area contributed by atoms with Crippen molar-refractivity contribution in [3.8, 4) is 0 Å². The van der Waals surface area contributed by atoms with Crippen molar-refractivity contribution in [3.05, 3.63) is 35.6 Å². The van der Waals surface area contributed by atoms with Crippen molar-refractivity contribution >= 4 is 0 Å². The Morgan fingerprint density at radius 1 is 1.29 bits per heavy atom. The second-order valence-electron chi connectivity index (χ2n) is 3.65. The van der Waals surface area contributed by atoms with Gasteiger partial charge in [-0.1, -0.05) is 18.2 Å². The van der Waals surface area contributed by atoms with Crippen LogP contribution in [-0.2, 0) is 6.42 Å². The molecule has 14 heavy (non-hydrogen) atoms. The Kier molecular flexibility index (Phi) is 3.11. The summed E-state index contributed by atoms with van der Waals surface area (Å²) in [5.41, 5.74) is 0.800. The minimum atomic E-state index is -0.0973. The smallest absolute Gasteiger partial charge is 0.126 e. The molecule has 3 heteroatoms. The third-order valence-corrected chi connectivity index (χ3v) is 2.55. The van der Waals surface area contributed by atoms with Gasteiger partial charge in [0.2, 0.25) is 0 Å². The number of piperazine rings is 1. The Bertz CT molecular complexity index is 295. The average molecular weight is 194 g/mol. The predicted molar refractivity (Wildman–Crippen MR) is 54.8 cm³/mol. The van der Waals surface area contributed by atoms with Crippen LogP contribution in [0.2, 0.25) is 0 Å². The largest absolute Gasteiger partial charge is 0.314 e. The first kappa shape index (κ1) is 9.62. The summed E-state index contributed by atoms with van der Waals surface area (Å²) in [7, 11) is 0. The van der Waals surface area contributed by atoms with Gasteiger partial charge in [0.1, 0.15) is 5.82 Å². The van der Waals surface area contributed by atoms with E-state index in [1.54, 1.807) is 6.07 Å². The fourth-order valence-electron chi connectivity index (χ4n) is 1.79.